The van der Waals surface area contributed by atoms with Gasteiger partial charge in [0.25, 0.3) is 0 Å². The molecule has 1 rings (SSSR count). The van der Waals surface area contributed by atoms with E-state index in [4.69, 9.17) is 22.1 Å². The maximum atomic E-state index is 5.80. The Morgan fingerprint density at radius 3 is 2.68 bits per heavy atom. The molecule has 0 aliphatic carbocycles. The molecule has 0 atom stereocenters. The molecule has 108 valence electrons. The van der Waals surface area contributed by atoms with Gasteiger partial charge in [0.15, 0.2) is 5.96 Å². The standard InChI is InChI=1S/C13H20ClN3O.HI/c1-2-18-9-3-8-16-13(15)17-10-11-4-6-12(14)7-5-11;/h4-7H,2-3,8-10H2,1H3,(H3,15,16,17);1H. The number of guanidine groups is 1. The topological polar surface area (TPSA) is 59.6 Å². The van der Waals surface area contributed by atoms with Gasteiger partial charge in [0, 0.05) is 24.8 Å². The third-order valence-electron chi connectivity index (χ3n) is 2.32. The quantitative estimate of drug-likeness (QED) is 0.322. The van der Waals surface area contributed by atoms with E-state index in [1.807, 2.05) is 31.2 Å². The largest absolute Gasteiger partial charge is 0.382 e. The van der Waals surface area contributed by atoms with E-state index in [9.17, 15) is 0 Å². The highest BCUT2D eigenvalue weighted by molar-refractivity contribution is 14.0. The molecule has 0 unspecified atom stereocenters. The van der Waals surface area contributed by atoms with E-state index in [1.54, 1.807) is 0 Å². The molecule has 0 saturated heterocycles. The maximum absolute atomic E-state index is 5.80. The number of halogens is 2. The third-order valence-corrected chi connectivity index (χ3v) is 2.57. The van der Waals surface area contributed by atoms with E-state index < -0.39 is 0 Å². The molecule has 0 aromatic heterocycles. The van der Waals surface area contributed by atoms with Crippen molar-refractivity contribution < 1.29 is 4.74 Å². The molecular formula is C13H21ClIN3O. The Kier molecular flexibility index (Phi) is 11.0. The number of nitrogens with zero attached hydrogens (tertiary/aromatic N) is 1. The minimum atomic E-state index is 0. The minimum absolute atomic E-state index is 0. The van der Waals surface area contributed by atoms with Gasteiger partial charge in [0.05, 0.1) is 6.54 Å². The summed E-state index contributed by atoms with van der Waals surface area (Å²) in [4.78, 5) is 4.24. The summed E-state index contributed by atoms with van der Waals surface area (Å²) < 4.78 is 5.22. The fourth-order valence-electron chi connectivity index (χ4n) is 1.36. The van der Waals surface area contributed by atoms with Crippen molar-refractivity contribution in [3.8, 4) is 0 Å². The monoisotopic (exact) mass is 397 g/mol. The number of nitrogens with one attached hydrogen (secondary N) is 1. The van der Waals surface area contributed by atoms with Gasteiger partial charge in [-0.05, 0) is 31.0 Å². The van der Waals surface area contributed by atoms with Crippen LogP contribution < -0.4 is 11.1 Å². The Hall–Kier alpha value is -0.530. The molecule has 0 fully saturated rings. The van der Waals surface area contributed by atoms with Crippen LogP contribution in [-0.4, -0.2) is 25.7 Å². The average Bonchev–Trinajstić information content (AvgIpc) is 2.38. The predicted octanol–water partition coefficient (Wildman–Crippen LogP) is 2.79. The molecule has 0 aliphatic rings. The van der Waals surface area contributed by atoms with Crippen LogP contribution in [0.3, 0.4) is 0 Å². The molecule has 0 bridgehead atoms. The molecule has 0 saturated carbocycles. The second kappa shape index (κ2) is 11.3. The van der Waals surface area contributed by atoms with Gasteiger partial charge in [0.1, 0.15) is 0 Å². The molecule has 19 heavy (non-hydrogen) atoms. The second-order valence-electron chi connectivity index (χ2n) is 3.81. The third kappa shape index (κ3) is 9.07. The van der Waals surface area contributed by atoms with Crippen LogP contribution in [0.4, 0.5) is 0 Å². The second-order valence-corrected chi connectivity index (χ2v) is 4.24. The summed E-state index contributed by atoms with van der Waals surface area (Å²) in [6.07, 6.45) is 0.922. The Balaban J connectivity index is 0.00000324. The van der Waals surface area contributed by atoms with E-state index in [2.05, 4.69) is 10.3 Å². The van der Waals surface area contributed by atoms with Gasteiger partial charge < -0.3 is 15.8 Å². The SMILES string of the molecule is CCOCCCNC(N)=NCc1ccc(Cl)cc1.I. The van der Waals surface area contributed by atoms with Crippen molar-refractivity contribution in [2.45, 2.75) is 19.9 Å². The Morgan fingerprint density at radius 1 is 1.37 bits per heavy atom. The molecule has 1 aromatic carbocycles. The Morgan fingerprint density at radius 2 is 2.05 bits per heavy atom. The van der Waals surface area contributed by atoms with Gasteiger partial charge in [-0.2, -0.15) is 0 Å². The van der Waals surface area contributed by atoms with E-state index >= 15 is 0 Å². The highest BCUT2D eigenvalue weighted by Gasteiger charge is 1.94. The molecule has 0 amide bonds. The number of hydrogen-bond donors (Lipinski definition) is 2. The lowest BCUT2D eigenvalue weighted by atomic mass is 10.2. The Bertz CT molecular complexity index is 371. The first-order valence-electron chi connectivity index (χ1n) is 6.08. The van der Waals surface area contributed by atoms with Gasteiger partial charge >= 0.3 is 0 Å². The van der Waals surface area contributed by atoms with Crippen molar-refractivity contribution in [3.05, 3.63) is 34.9 Å². The molecule has 0 spiro atoms. The lowest BCUT2D eigenvalue weighted by Crippen LogP contribution is -2.32. The first-order chi connectivity index (χ1) is 8.72. The van der Waals surface area contributed by atoms with E-state index in [0.29, 0.717) is 12.5 Å². The van der Waals surface area contributed by atoms with Crippen molar-refractivity contribution >= 4 is 41.5 Å². The lowest BCUT2D eigenvalue weighted by molar-refractivity contribution is 0.145. The number of hydrogen-bond acceptors (Lipinski definition) is 2. The minimum Gasteiger partial charge on any atom is -0.382 e. The Labute approximate surface area is 136 Å². The predicted molar refractivity (Wildman–Crippen MR) is 91.3 cm³/mol. The van der Waals surface area contributed by atoms with Crippen LogP contribution >= 0.6 is 35.6 Å². The average molecular weight is 398 g/mol. The van der Waals surface area contributed by atoms with E-state index in [-0.39, 0.29) is 24.0 Å². The molecule has 0 radical (unpaired) electrons. The van der Waals surface area contributed by atoms with Crippen molar-refractivity contribution in [2.24, 2.45) is 10.7 Å². The van der Waals surface area contributed by atoms with Gasteiger partial charge in [-0.1, -0.05) is 23.7 Å². The van der Waals surface area contributed by atoms with E-state index in [0.717, 1.165) is 36.8 Å². The zero-order chi connectivity index (χ0) is 13.2. The van der Waals surface area contributed by atoms with Crippen LogP contribution in [0.15, 0.2) is 29.3 Å². The summed E-state index contributed by atoms with van der Waals surface area (Å²) in [5.41, 5.74) is 6.82. The van der Waals surface area contributed by atoms with Gasteiger partial charge in [-0.15, -0.1) is 24.0 Å². The van der Waals surface area contributed by atoms with Crippen LogP contribution in [0.25, 0.3) is 0 Å². The van der Waals surface area contributed by atoms with Gasteiger partial charge in [0.2, 0.25) is 0 Å². The number of benzene rings is 1. The van der Waals surface area contributed by atoms with E-state index in [1.165, 1.54) is 0 Å². The van der Waals surface area contributed by atoms with Crippen molar-refractivity contribution in [2.75, 3.05) is 19.8 Å². The normalized spacial score (nSPS) is 10.9. The smallest absolute Gasteiger partial charge is 0.188 e. The molecular weight excluding hydrogens is 377 g/mol. The number of rotatable bonds is 7. The summed E-state index contributed by atoms with van der Waals surface area (Å²) in [5.74, 6) is 0.460. The highest BCUT2D eigenvalue weighted by atomic mass is 127. The molecule has 0 heterocycles. The number of aliphatic imine (C=N–C) groups is 1. The lowest BCUT2D eigenvalue weighted by Gasteiger charge is -2.05. The molecule has 0 aliphatic heterocycles. The van der Waals surface area contributed by atoms with Crippen LogP contribution in [0.2, 0.25) is 5.02 Å². The zero-order valence-corrected chi connectivity index (χ0v) is 14.2. The first kappa shape index (κ1) is 18.5. The van der Waals surface area contributed by atoms with Crippen molar-refractivity contribution in [3.63, 3.8) is 0 Å². The first-order valence-corrected chi connectivity index (χ1v) is 6.46. The molecule has 1 aromatic rings. The zero-order valence-electron chi connectivity index (χ0n) is 11.1. The summed E-state index contributed by atoms with van der Waals surface area (Å²) >= 11 is 5.80. The van der Waals surface area contributed by atoms with Crippen molar-refractivity contribution in [1.29, 1.82) is 0 Å². The summed E-state index contributed by atoms with van der Waals surface area (Å²) in [7, 11) is 0. The van der Waals surface area contributed by atoms with Crippen LogP contribution in [-0.2, 0) is 11.3 Å². The van der Waals surface area contributed by atoms with Gasteiger partial charge in [-0.25, -0.2) is 4.99 Å². The molecule has 6 heteroatoms. The van der Waals surface area contributed by atoms with Gasteiger partial charge in [-0.3, -0.25) is 0 Å². The van der Waals surface area contributed by atoms with Crippen LogP contribution in [0.1, 0.15) is 18.9 Å². The summed E-state index contributed by atoms with van der Waals surface area (Å²) in [6, 6.07) is 7.57. The van der Waals surface area contributed by atoms with Crippen LogP contribution in [0, 0.1) is 0 Å². The van der Waals surface area contributed by atoms with Crippen LogP contribution in [0.5, 0.6) is 0 Å². The maximum Gasteiger partial charge on any atom is 0.188 e. The fourth-order valence-corrected chi connectivity index (χ4v) is 1.48. The summed E-state index contributed by atoms with van der Waals surface area (Å²) in [5, 5.41) is 3.77. The highest BCUT2D eigenvalue weighted by Crippen LogP contribution is 2.09. The number of nitrogens with two attached hydrogens (primary N) is 1. The van der Waals surface area contributed by atoms with Crippen molar-refractivity contribution in [1.82, 2.24) is 5.32 Å². The number of ether oxygens (including phenoxy) is 1. The summed E-state index contributed by atoms with van der Waals surface area (Å²) in [6.45, 7) is 4.81. The fraction of sp³-hybridized carbons (Fsp3) is 0.462. The molecule has 4 nitrogen and oxygen atoms in total. The molecule has 3 N–H and O–H groups in total.